The summed E-state index contributed by atoms with van der Waals surface area (Å²) in [6.45, 7) is 0.530. The third-order valence-electron chi connectivity index (χ3n) is 3.48. The molecule has 134 valence electrons. The van der Waals surface area contributed by atoms with Gasteiger partial charge in [-0.25, -0.2) is 4.39 Å². The van der Waals surface area contributed by atoms with Crippen LogP contribution in [-0.2, 0) is 6.54 Å². The summed E-state index contributed by atoms with van der Waals surface area (Å²) in [7, 11) is 1.57. The van der Waals surface area contributed by atoms with Gasteiger partial charge in [0.15, 0.2) is 10.1 Å². The number of halogens is 1. The molecule has 3 aromatic rings. The molecule has 26 heavy (non-hydrogen) atoms. The number of aromatic nitrogens is 2. The Balaban J connectivity index is 1.51. The maximum atomic E-state index is 12.9. The molecule has 0 saturated carbocycles. The predicted molar refractivity (Wildman–Crippen MR) is 102 cm³/mol. The average molecular weight is 389 g/mol. The summed E-state index contributed by atoms with van der Waals surface area (Å²) >= 11 is 2.72. The summed E-state index contributed by atoms with van der Waals surface area (Å²) in [6.07, 6.45) is 0. The van der Waals surface area contributed by atoms with E-state index in [1.165, 1.54) is 35.2 Å². The number of carbonyl (C=O) groups is 1. The monoisotopic (exact) mass is 389 g/mol. The molecule has 1 heterocycles. The number of carbonyl (C=O) groups excluding carboxylic acids is 1. The molecular formula is C18H16FN3O2S2. The van der Waals surface area contributed by atoms with Gasteiger partial charge in [0.1, 0.15) is 11.6 Å². The van der Waals surface area contributed by atoms with Crippen molar-refractivity contribution in [2.45, 2.75) is 10.9 Å². The van der Waals surface area contributed by atoms with Crippen LogP contribution in [0.3, 0.4) is 0 Å². The summed E-state index contributed by atoms with van der Waals surface area (Å²) in [5.41, 5.74) is 1.56. The molecule has 0 bridgehead atoms. The van der Waals surface area contributed by atoms with E-state index in [0.717, 1.165) is 5.56 Å². The molecule has 0 aliphatic carbocycles. The van der Waals surface area contributed by atoms with Crippen LogP contribution < -0.4 is 10.1 Å². The van der Waals surface area contributed by atoms with Crippen LogP contribution >= 0.6 is 23.1 Å². The Labute approximate surface area is 158 Å². The molecule has 1 aromatic heterocycles. The third kappa shape index (κ3) is 5.03. The number of hydrogen-bond donors (Lipinski definition) is 1. The van der Waals surface area contributed by atoms with Crippen LogP contribution in [0.2, 0.25) is 0 Å². The first-order valence-electron chi connectivity index (χ1n) is 7.76. The van der Waals surface area contributed by atoms with Gasteiger partial charge in [0.25, 0.3) is 0 Å². The van der Waals surface area contributed by atoms with E-state index in [0.29, 0.717) is 27.3 Å². The normalized spacial score (nSPS) is 10.5. The zero-order valence-corrected chi connectivity index (χ0v) is 15.6. The van der Waals surface area contributed by atoms with E-state index >= 15 is 0 Å². The van der Waals surface area contributed by atoms with Crippen molar-refractivity contribution in [2.24, 2.45) is 0 Å². The Hall–Kier alpha value is -2.45. The van der Waals surface area contributed by atoms with Crippen molar-refractivity contribution in [2.75, 3.05) is 18.2 Å². The van der Waals surface area contributed by atoms with Crippen LogP contribution in [0.15, 0.2) is 52.9 Å². The van der Waals surface area contributed by atoms with Gasteiger partial charge in [0, 0.05) is 12.1 Å². The van der Waals surface area contributed by atoms with E-state index in [2.05, 4.69) is 15.5 Å². The second-order valence-corrected chi connectivity index (χ2v) is 7.50. The summed E-state index contributed by atoms with van der Waals surface area (Å²) in [4.78, 5) is 12.3. The number of benzene rings is 2. The number of thioether (sulfide) groups is 1. The van der Waals surface area contributed by atoms with Crippen LogP contribution in [0.4, 0.5) is 9.52 Å². The van der Waals surface area contributed by atoms with E-state index in [1.54, 1.807) is 43.5 Å². The molecule has 0 aliphatic heterocycles. The number of nitrogens with one attached hydrogen (secondary N) is 1. The highest BCUT2D eigenvalue weighted by Crippen LogP contribution is 2.26. The minimum Gasteiger partial charge on any atom is -0.497 e. The number of anilines is 1. The Kier molecular flexibility index (Phi) is 6.19. The van der Waals surface area contributed by atoms with Crippen LogP contribution in [-0.4, -0.2) is 28.8 Å². The van der Waals surface area contributed by atoms with Gasteiger partial charge in [-0.05, 0) is 29.8 Å². The largest absolute Gasteiger partial charge is 0.497 e. The molecule has 8 heteroatoms. The lowest BCUT2D eigenvalue weighted by Gasteiger charge is -2.03. The highest BCUT2D eigenvalue weighted by atomic mass is 32.2. The number of ether oxygens (including phenoxy) is 1. The second kappa shape index (κ2) is 8.77. The van der Waals surface area contributed by atoms with Crippen molar-refractivity contribution in [3.8, 4) is 5.75 Å². The van der Waals surface area contributed by atoms with Crippen molar-refractivity contribution in [3.63, 3.8) is 0 Å². The highest BCUT2D eigenvalue weighted by molar-refractivity contribution is 8.01. The molecule has 0 radical (unpaired) electrons. The lowest BCUT2D eigenvalue weighted by Crippen LogP contribution is -2.02. The molecule has 0 saturated heterocycles. The minimum absolute atomic E-state index is 0.00456. The number of rotatable bonds is 8. The van der Waals surface area contributed by atoms with Crippen molar-refractivity contribution in [1.29, 1.82) is 0 Å². The molecule has 0 atom stereocenters. The van der Waals surface area contributed by atoms with Gasteiger partial charge in [-0.2, -0.15) is 0 Å². The Bertz CT molecular complexity index is 884. The first-order valence-corrected chi connectivity index (χ1v) is 9.56. The predicted octanol–water partition coefficient (Wildman–Crippen LogP) is 4.27. The summed E-state index contributed by atoms with van der Waals surface area (Å²) < 4.78 is 18.7. The highest BCUT2D eigenvalue weighted by Gasteiger charge is 2.11. The van der Waals surface area contributed by atoms with Crippen LogP contribution in [0.25, 0.3) is 0 Å². The molecule has 1 N–H and O–H groups in total. The van der Waals surface area contributed by atoms with E-state index in [9.17, 15) is 9.18 Å². The number of hydrogen-bond acceptors (Lipinski definition) is 7. The van der Waals surface area contributed by atoms with E-state index in [-0.39, 0.29) is 17.4 Å². The zero-order valence-electron chi connectivity index (χ0n) is 13.9. The first-order chi connectivity index (χ1) is 12.6. The Morgan fingerprint density at radius 2 is 2.04 bits per heavy atom. The van der Waals surface area contributed by atoms with Crippen molar-refractivity contribution < 1.29 is 13.9 Å². The Morgan fingerprint density at radius 3 is 2.81 bits per heavy atom. The van der Waals surface area contributed by atoms with Crippen molar-refractivity contribution in [1.82, 2.24) is 10.2 Å². The summed E-state index contributed by atoms with van der Waals surface area (Å²) in [5, 5.41) is 11.9. The second-order valence-electron chi connectivity index (χ2n) is 5.30. The fourth-order valence-electron chi connectivity index (χ4n) is 2.13. The van der Waals surface area contributed by atoms with E-state index < -0.39 is 0 Å². The molecule has 0 unspecified atom stereocenters. The number of nitrogens with zero attached hydrogens (tertiary/aromatic N) is 2. The number of Topliss-reactive ketones (excluding diaryl/α,β-unsaturated/α-hetero) is 1. The molecule has 0 spiro atoms. The number of methoxy groups -OCH3 is 1. The molecular weight excluding hydrogens is 373 g/mol. The third-order valence-corrected chi connectivity index (χ3v) is 5.50. The van der Waals surface area contributed by atoms with Gasteiger partial charge in [0.05, 0.1) is 12.9 Å². The van der Waals surface area contributed by atoms with E-state index in [4.69, 9.17) is 4.74 Å². The quantitative estimate of drug-likeness (QED) is 0.458. The topological polar surface area (TPSA) is 64.1 Å². The Morgan fingerprint density at radius 1 is 1.23 bits per heavy atom. The maximum Gasteiger partial charge on any atom is 0.206 e. The van der Waals surface area contributed by atoms with Crippen LogP contribution in [0.1, 0.15) is 15.9 Å². The first kappa shape index (κ1) is 18.3. The minimum atomic E-state index is -0.260. The van der Waals surface area contributed by atoms with Gasteiger partial charge in [-0.1, -0.05) is 47.4 Å². The average Bonchev–Trinajstić information content (AvgIpc) is 3.13. The lowest BCUT2D eigenvalue weighted by atomic mass is 10.1. The summed E-state index contributed by atoms with van der Waals surface area (Å²) in [5.74, 6) is 0.678. The molecule has 2 aromatic carbocycles. The molecule has 0 aliphatic rings. The van der Waals surface area contributed by atoms with Crippen LogP contribution in [0, 0.1) is 5.82 Å². The molecule has 0 fully saturated rings. The van der Waals surface area contributed by atoms with Gasteiger partial charge in [0.2, 0.25) is 5.13 Å². The van der Waals surface area contributed by atoms with Gasteiger partial charge in [-0.15, -0.1) is 10.2 Å². The summed E-state index contributed by atoms with van der Waals surface area (Å²) in [6, 6.07) is 13.3. The standard InChI is InChI=1S/C18H16FN3O2S2/c1-24-15-4-2-3-13(9-15)16(23)11-25-18-22-21-17(26-18)20-10-12-5-7-14(19)8-6-12/h2-9H,10-11H2,1H3,(H,20,21). The smallest absolute Gasteiger partial charge is 0.206 e. The van der Waals surface area contributed by atoms with E-state index in [1.807, 2.05) is 0 Å². The van der Waals surface area contributed by atoms with Crippen molar-refractivity contribution in [3.05, 3.63) is 65.5 Å². The number of ketones is 1. The molecule has 5 nitrogen and oxygen atoms in total. The lowest BCUT2D eigenvalue weighted by molar-refractivity contribution is 0.102. The van der Waals surface area contributed by atoms with Crippen molar-refractivity contribution >= 4 is 34.0 Å². The molecule has 3 rings (SSSR count). The van der Waals surface area contributed by atoms with Gasteiger partial charge < -0.3 is 10.1 Å². The van der Waals surface area contributed by atoms with Gasteiger partial charge in [-0.3, -0.25) is 4.79 Å². The van der Waals surface area contributed by atoms with Gasteiger partial charge >= 0.3 is 0 Å². The van der Waals surface area contributed by atoms with Crippen LogP contribution in [0.5, 0.6) is 5.75 Å². The zero-order chi connectivity index (χ0) is 18.4. The SMILES string of the molecule is COc1cccc(C(=O)CSc2nnc(NCc3ccc(F)cc3)s2)c1. The fraction of sp³-hybridized carbons (Fsp3) is 0.167. The fourth-order valence-corrected chi connectivity index (χ4v) is 3.77. The maximum absolute atomic E-state index is 12.9. The molecule has 0 amide bonds.